The number of aromatic hydroxyl groups is 2. The van der Waals surface area contributed by atoms with Crippen molar-refractivity contribution in [3.63, 3.8) is 0 Å². The molecule has 2 N–H and O–H groups in total. The van der Waals surface area contributed by atoms with Gasteiger partial charge in [-0.1, -0.05) is 119 Å². The molecule has 0 aliphatic carbocycles. The fourth-order valence-corrected chi connectivity index (χ4v) is 11.6. The standard InChI is InChI=1S/C39H42ClNO6Si/c1-9-17-28-35(40)33-30(45-7)22-27(36(43)34(33)38(44)41(28)6)32-26(10-2)37(46-8)31(23-29(32)42)47-48(39(3,4)5,24-18-13-11-14-19-24)25-20-15-12-16-21-25/h10-16,18-23,42-43H,2,9,17H2,1,3-8H3. The van der Waals surface area contributed by atoms with Gasteiger partial charge in [-0.3, -0.25) is 4.79 Å². The van der Waals surface area contributed by atoms with Crippen molar-refractivity contribution in [2.45, 2.75) is 45.6 Å². The number of ether oxygens (including phenoxy) is 2. The summed E-state index contributed by atoms with van der Waals surface area (Å²) < 4.78 is 20.5. The van der Waals surface area contributed by atoms with Crippen LogP contribution in [0.25, 0.3) is 28.0 Å². The summed E-state index contributed by atoms with van der Waals surface area (Å²) in [5.74, 6) is 0.351. The van der Waals surface area contributed by atoms with E-state index in [0.717, 1.165) is 16.8 Å². The lowest BCUT2D eigenvalue weighted by molar-refractivity contribution is 0.384. The monoisotopic (exact) mass is 683 g/mol. The zero-order valence-corrected chi connectivity index (χ0v) is 30.2. The average molecular weight is 684 g/mol. The van der Waals surface area contributed by atoms with Crippen molar-refractivity contribution >= 4 is 47.1 Å². The van der Waals surface area contributed by atoms with E-state index >= 15 is 0 Å². The highest BCUT2D eigenvalue weighted by Gasteiger charge is 2.52. The highest BCUT2D eigenvalue weighted by Crippen LogP contribution is 2.52. The quantitative estimate of drug-likeness (QED) is 0.146. The summed E-state index contributed by atoms with van der Waals surface area (Å²) in [5.41, 5.74) is 0.924. The van der Waals surface area contributed by atoms with Crippen molar-refractivity contribution in [3.05, 3.63) is 106 Å². The Balaban J connectivity index is 1.84. The molecule has 1 aromatic heterocycles. The topological polar surface area (TPSA) is 90.2 Å². The first kappa shape index (κ1) is 34.7. The van der Waals surface area contributed by atoms with E-state index in [1.165, 1.54) is 30.9 Å². The van der Waals surface area contributed by atoms with E-state index in [1.807, 2.05) is 43.3 Å². The second kappa shape index (κ2) is 13.5. The van der Waals surface area contributed by atoms with Gasteiger partial charge in [-0.2, -0.15) is 0 Å². The molecule has 0 atom stereocenters. The number of pyridine rings is 1. The van der Waals surface area contributed by atoms with Crippen LogP contribution in [-0.2, 0) is 13.5 Å². The fourth-order valence-electron chi connectivity index (χ4n) is 6.75. The molecule has 0 amide bonds. The largest absolute Gasteiger partial charge is 0.531 e. The lowest BCUT2D eigenvalue weighted by Gasteiger charge is -2.43. The van der Waals surface area contributed by atoms with E-state index in [0.29, 0.717) is 39.6 Å². The summed E-state index contributed by atoms with van der Waals surface area (Å²) in [7, 11) is 1.48. The first-order valence-electron chi connectivity index (χ1n) is 15.9. The Morgan fingerprint density at radius 2 is 1.50 bits per heavy atom. The number of hydrogen-bond acceptors (Lipinski definition) is 6. The van der Waals surface area contributed by atoms with Crippen molar-refractivity contribution in [3.8, 4) is 39.9 Å². The third-order valence-electron chi connectivity index (χ3n) is 8.99. The summed E-state index contributed by atoms with van der Waals surface area (Å²) >= 11 is 6.86. The normalized spacial score (nSPS) is 11.8. The van der Waals surface area contributed by atoms with Crippen molar-refractivity contribution in [2.75, 3.05) is 14.2 Å². The van der Waals surface area contributed by atoms with Crippen molar-refractivity contribution in [1.82, 2.24) is 4.57 Å². The van der Waals surface area contributed by atoms with E-state index < -0.39 is 13.9 Å². The van der Waals surface area contributed by atoms with Crippen LogP contribution in [0.3, 0.4) is 0 Å². The van der Waals surface area contributed by atoms with Gasteiger partial charge < -0.3 is 28.7 Å². The maximum atomic E-state index is 13.8. The summed E-state index contributed by atoms with van der Waals surface area (Å²) in [4.78, 5) is 13.8. The number of halogens is 1. The summed E-state index contributed by atoms with van der Waals surface area (Å²) in [6.45, 7) is 12.5. The molecule has 0 spiro atoms. The maximum absolute atomic E-state index is 13.8. The van der Waals surface area contributed by atoms with Crippen LogP contribution in [-0.4, -0.2) is 37.3 Å². The molecule has 5 aromatic rings. The Morgan fingerprint density at radius 1 is 0.917 bits per heavy atom. The number of methoxy groups -OCH3 is 2. The van der Waals surface area contributed by atoms with Crippen LogP contribution in [0.15, 0.2) is 84.2 Å². The van der Waals surface area contributed by atoms with Crippen LogP contribution in [0.1, 0.15) is 45.4 Å². The Kier molecular flexibility index (Phi) is 9.71. The minimum Gasteiger partial charge on any atom is -0.531 e. The van der Waals surface area contributed by atoms with E-state index in [9.17, 15) is 15.0 Å². The molecular formula is C39H42ClNO6Si. The van der Waals surface area contributed by atoms with Gasteiger partial charge in [0.2, 0.25) is 0 Å². The second-order valence-corrected chi connectivity index (χ2v) is 17.4. The van der Waals surface area contributed by atoms with Crippen LogP contribution in [0.2, 0.25) is 10.1 Å². The third kappa shape index (κ3) is 5.52. The Bertz CT molecular complexity index is 2010. The smallest absolute Gasteiger partial charge is 0.320 e. The van der Waals surface area contributed by atoms with Gasteiger partial charge in [0.1, 0.15) is 17.2 Å². The number of aromatic nitrogens is 1. The molecule has 7 nitrogen and oxygen atoms in total. The molecule has 0 aliphatic heterocycles. The van der Waals surface area contributed by atoms with E-state index in [-0.39, 0.29) is 38.8 Å². The number of phenolic OH excluding ortho intramolecular Hbond substituents is 2. The van der Waals surface area contributed by atoms with Gasteiger partial charge in [-0.05, 0) is 27.9 Å². The lowest BCUT2D eigenvalue weighted by atomic mass is 9.93. The molecular weight excluding hydrogens is 642 g/mol. The molecule has 0 radical (unpaired) electrons. The number of nitrogens with zero attached hydrogens (tertiary/aromatic N) is 1. The average Bonchev–Trinajstić information content (AvgIpc) is 3.08. The van der Waals surface area contributed by atoms with Gasteiger partial charge in [0.25, 0.3) is 5.56 Å². The molecule has 0 saturated heterocycles. The Labute approximate surface area is 287 Å². The zero-order chi connectivity index (χ0) is 35.0. The van der Waals surface area contributed by atoms with Crippen LogP contribution in [0, 0.1) is 0 Å². The van der Waals surface area contributed by atoms with E-state index in [4.69, 9.17) is 25.5 Å². The first-order chi connectivity index (χ1) is 22.9. The zero-order valence-electron chi connectivity index (χ0n) is 28.5. The van der Waals surface area contributed by atoms with Gasteiger partial charge >= 0.3 is 8.32 Å². The van der Waals surface area contributed by atoms with Crippen molar-refractivity contribution < 1.29 is 24.1 Å². The highest BCUT2D eigenvalue weighted by molar-refractivity contribution is 7.00. The summed E-state index contributed by atoms with van der Waals surface area (Å²) in [6, 6.07) is 23.3. The molecule has 48 heavy (non-hydrogen) atoms. The van der Waals surface area contributed by atoms with E-state index in [1.54, 1.807) is 13.1 Å². The Morgan fingerprint density at radius 3 is 1.98 bits per heavy atom. The molecule has 4 aromatic carbocycles. The summed E-state index contributed by atoms with van der Waals surface area (Å²) in [5, 5.41) is 26.0. The summed E-state index contributed by atoms with van der Waals surface area (Å²) in [6.07, 6.45) is 2.87. The van der Waals surface area contributed by atoms with E-state index in [2.05, 4.69) is 51.6 Å². The maximum Gasteiger partial charge on any atom is 0.320 e. The highest BCUT2D eigenvalue weighted by atomic mass is 35.5. The molecule has 250 valence electrons. The van der Waals surface area contributed by atoms with Crippen LogP contribution < -0.4 is 29.8 Å². The molecule has 1 heterocycles. The van der Waals surface area contributed by atoms with Gasteiger partial charge in [-0.25, -0.2) is 0 Å². The van der Waals surface area contributed by atoms with Crippen molar-refractivity contribution in [1.29, 1.82) is 0 Å². The minimum absolute atomic E-state index is 0.0160. The number of phenols is 2. The second-order valence-electron chi connectivity index (χ2n) is 12.8. The molecule has 0 unspecified atom stereocenters. The Hall–Kier alpha value is -4.66. The molecule has 0 fully saturated rings. The van der Waals surface area contributed by atoms with Gasteiger partial charge in [0.05, 0.1) is 30.0 Å². The van der Waals surface area contributed by atoms with Crippen LogP contribution >= 0.6 is 11.6 Å². The predicted molar refractivity (Wildman–Crippen MR) is 198 cm³/mol. The first-order valence-corrected chi connectivity index (χ1v) is 18.1. The number of hydrogen-bond donors (Lipinski definition) is 2. The molecule has 9 heteroatoms. The third-order valence-corrected chi connectivity index (χ3v) is 14.3. The number of rotatable bonds is 10. The lowest BCUT2D eigenvalue weighted by Crippen LogP contribution is -2.68. The van der Waals surface area contributed by atoms with Gasteiger partial charge in [-0.15, -0.1) is 0 Å². The fraction of sp³-hybridized carbons (Fsp3) is 0.256. The predicted octanol–water partition coefficient (Wildman–Crippen LogP) is 7.82. The molecule has 5 rings (SSSR count). The van der Waals surface area contributed by atoms with Crippen molar-refractivity contribution in [2.24, 2.45) is 7.05 Å². The van der Waals surface area contributed by atoms with Crippen LogP contribution in [0.4, 0.5) is 0 Å². The minimum atomic E-state index is -3.14. The molecule has 0 bridgehead atoms. The number of benzene rings is 4. The molecule has 0 saturated carbocycles. The molecule has 0 aliphatic rings. The van der Waals surface area contributed by atoms with Crippen LogP contribution in [0.5, 0.6) is 28.7 Å². The SMILES string of the molecule is C=Cc1c(OC)c(O[Si](c2ccccc2)(c2ccccc2)C(C)(C)C)cc(O)c1-c1cc(OC)c2c(Cl)c(CCC)n(C)c(=O)c2c1O. The number of fused-ring (bicyclic) bond motifs is 1. The van der Waals surface area contributed by atoms with Gasteiger partial charge in [0.15, 0.2) is 11.5 Å². The van der Waals surface area contributed by atoms with Gasteiger partial charge in [0, 0.05) is 35.5 Å².